The van der Waals surface area contributed by atoms with Gasteiger partial charge in [0.2, 0.25) is 0 Å². The molecular weight excluding hydrogens is 310 g/mol. The molecule has 1 aromatic rings. The summed E-state index contributed by atoms with van der Waals surface area (Å²) in [6.45, 7) is 6.06. The third kappa shape index (κ3) is 5.20. The van der Waals surface area contributed by atoms with Gasteiger partial charge in [-0.15, -0.1) is 0 Å². The number of rotatable bonds is 5. The van der Waals surface area contributed by atoms with Crippen LogP contribution < -0.4 is 9.80 Å². The lowest BCUT2D eigenvalue weighted by molar-refractivity contribution is -0.126. The van der Waals surface area contributed by atoms with E-state index in [4.69, 9.17) is 9.57 Å². The maximum Gasteiger partial charge on any atom is 0.251 e. The molecule has 1 rings (SSSR count). The number of carbonyl (C=O) groups is 1. The van der Waals surface area contributed by atoms with Crippen molar-refractivity contribution in [2.24, 2.45) is 5.41 Å². The second-order valence-electron chi connectivity index (χ2n) is 5.36. The number of anilines is 1. The summed E-state index contributed by atoms with van der Waals surface area (Å²) in [6.07, 6.45) is 0.417. The summed E-state index contributed by atoms with van der Waals surface area (Å²) in [6, 6.07) is 7.18. The molecule has 0 unspecified atom stereocenters. The van der Waals surface area contributed by atoms with Crippen LogP contribution in [0.2, 0.25) is 0 Å². The summed E-state index contributed by atoms with van der Waals surface area (Å²) in [5.41, 5.74) is 1.05. The molecule has 0 saturated carbocycles. The predicted octanol–water partition coefficient (Wildman–Crippen LogP) is 3.75. The van der Waals surface area contributed by atoms with Crippen molar-refractivity contribution in [3.05, 3.63) is 24.3 Å². The zero-order valence-electron chi connectivity index (χ0n) is 11.8. The zero-order chi connectivity index (χ0) is 14.5. The van der Waals surface area contributed by atoms with Crippen LogP contribution in [0, 0.1) is 5.41 Å². The number of carbonyl (C=O) groups excluding carboxylic acids is 1. The van der Waals surface area contributed by atoms with E-state index in [1.165, 1.54) is 12.2 Å². The van der Waals surface area contributed by atoms with Crippen LogP contribution >= 0.6 is 15.9 Å². The number of halogens is 1. The van der Waals surface area contributed by atoms with Gasteiger partial charge in [-0.05, 0) is 45.6 Å². The van der Waals surface area contributed by atoms with Crippen LogP contribution in [0.25, 0.3) is 0 Å². The molecule has 0 spiro atoms. The first kappa shape index (κ1) is 16.0. The lowest BCUT2D eigenvalue weighted by atomic mass is 9.92. The number of alkyl halides is 1. The first-order valence-electron chi connectivity index (χ1n) is 6.03. The average Bonchev–Trinajstić information content (AvgIpc) is 2.30. The van der Waals surface area contributed by atoms with E-state index in [0.29, 0.717) is 17.6 Å². The molecule has 0 aromatic heterocycles. The highest BCUT2D eigenvalue weighted by molar-refractivity contribution is 9.09. The van der Waals surface area contributed by atoms with E-state index in [1.54, 1.807) is 24.3 Å². The number of nitrogens with zero attached hydrogens (tertiary/aromatic N) is 1. The Kier molecular flexibility index (Phi) is 5.82. The monoisotopic (exact) mass is 329 g/mol. The molecule has 0 bridgehead atoms. The molecule has 5 heteroatoms. The topological polar surface area (TPSA) is 38.8 Å². The third-order valence-corrected chi connectivity index (χ3v) is 2.61. The van der Waals surface area contributed by atoms with Gasteiger partial charge in [0.25, 0.3) is 5.91 Å². The number of ether oxygens (including phenoxy) is 1. The fourth-order valence-electron chi connectivity index (χ4n) is 1.62. The first-order valence-corrected chi connectivity index (χ1v) is 7.15. The SMILES string of the molecule is CON(C(=O)CC(C)(C)C)c1ccc(OCBr)cc1. The Balaban J connectivity index is 2.82. The maximum atomic E-state index is 12.2. The molecule has 106 valence electrons. The van der Waals surface area contributed by atoms with Gasteiger partial charge >= 0.3 is 0 Å². The Hall–Kier alpha value is -1.07. The van der Waals surface area contributed by atoms with E-state index in [1.807, 2.05) is 20.8 Å². The summed E-state index contributed by atoms with van der Waals surface area (Å²) < 4.78 is 5.29. The second-order valence-corrected chi connectivity index (χ2v) is 5.81. The Morgan fingerprint density at radius 3 is 2.26 bits per heavy atom. The molecule has 0 radical (unpaired) electrons. The molecule has 0 N–H and O–H groups in total. The maximum absolute atomic E-state index is 12.2. The van der Waals surface area contributed by atoms with Gasteiger partial charge in [0, 0.05) is 6.42 Å². The van der Waals surface area contributed by atoms with Crippen LogP contribution in [0.15, 0.2) is 24.3 Å². The van der Waals surface area contributed by atoms with Crippen molar-refractivity contribution in [2.45, 2.75) is 27.2 Å². The van der Waals surface area contributed by atoms with Gasteiger partial charge in [0.05, 0.1) is 12.8 Å². The summed E-state index contributed by atoms with van der Waals surface area (Å²) in [5.74, 6) is 0.670. The molecule has 1 amide bonds. The molecule has 0 saturated heterocycles. The highest BCUT2D eigenvalue weighted by atomic mass is 79.9. The van der Waals surface area contributed by atoms with Gasteiger partial charge in [0.1, 0.15) is 11.3 Å². The molecule has 19 heavy (non-hydrogen) atoms. The molecule has 0 atom stereocenters. The molecule has 4 nitrogen and oxygen atoms in total. The third-order valence-electron chi connectivity index (χ3n) is 2.38. The molecular formula is C14H20BrNO3. The molecule has 0 heterocycles. The van der Waals surface area contributed by atoms with Crippen molar-refractivity contribution in [2.75, 3.05) is 17.7 Å². The first-order chi connectivity index (χ1) is 8.87. The standard InChI is InChI=1S/C14H20BrNO3/c1-14(2,3)9-13(17)16(18-4)11-5-7-12(8-6-11)19-10-15/h5-8H,9-10H2,1-4H3. The van der Waals surface area contributed by atoms with Crippen molar-refractivity contribution >= 4 is 27.5 Å². The predicted molar refractivity (Wildman–Crippen MR) is 79.4 cm³/mol. The van der Waals surface area contributed by atoms with Crippen molar-refractivity contribution in [1.82, 2.24) is 0 Å². The quantitative estimate of drug-likeness (QED) is 0.610. The van der Waals surface area contributed by atoms with E-state index in [0.717, 1.165) is 5.75 Å². The van der Waals surface area contributed by atoms with E-state index >= 15 is 0 Å². The van der Waals surface area contributed by atoms with E-state index in [2.05, 4.69) is 15.9 Å². The molecule has 0 aliphatic rings. The van der Waals surface area contributed by atoms with Gasteiger partial charge < -0.3 is 4.74 Å². The number of benzene rings is 1. The minimum Gasteiger partial charge on any atom is -0.482 e. The minimum absolute atomic E-state index is 0.0656. The number of hydrogen-bond acceptors (Lipinski definition) is 3. The van der Waals surface area contributed by atoms with E-state index in [-0.39, 0.29) is 11.3 Å². The summed E-state index contributed by atoms with van der Waals surface area (Å²) in [7, 11) is 1.49. The van der Waals surface area contributed by atoms with Gasteiger partial charge in [-0.25, -0.2) is 0 Å². The fraction of sp³-hybridized carbons (Fsp3) is 0.500. The molecule has 0 fully saturated rings. The lowest BCUT2D eigenvalue weighted by Crippen LogP contribution is -2.32. The van der Waals surface area contributed by atoms with Crippen LogP contribution in [0.4, 0.5) is 5.69 Å². The normalized spacial score (nSPS) is 11.2. The van der Waals surface area contributed by atoms with E-state index in [9.17, 15) is 4.79 Å². The average molecular weight is 330 g/mol. The van der Waals surface area contributed by atoms with Gasteiger partial charge in [-0.2, -0.15) is 5.06 Å². The number of hydroxylamine groups is 1. The molecule has 1 aromatic carbocycles. The summed E-state index contributed by atoms with van der Waals surface area (Å²) >= 11 is 3.19. The lowest BCUT2D eigenvalue weighted by Gasteiger charge is -2.24. The van der Waals surface area contributed by atoms with E-state index < -0.39 is 0 Å². The molecule has 0 aliphatic heterocycles. The Bertz CT molecular complexity index is 412. The van der Waals surface area contributed by atoms with Crippen LogP contribution in [0.3, 0.4) is 0 Å². The minimum atomic E-state index is -0.0765. The van der Waals surface area contributed by atoms with Crippen molar-refractivity contribution in [3.63, 3.8) is 0 Å². The Morgan fingerprint density at radius 1 is 1.26 bits per heavy atom. The van der Waals surface area contributed by atoms with Crippen molar-refractivity contribution in [1.29, 1.82) is 0 Å². The smallest absolute Gasteiger partial charge is 0.251 e. The van der Waals surface area contributed by atoms with Crippen LogP contribution in [0.5, 0.6) is 5.75 Å². The summed E-state index contributed by atoms with van der Waals surface area (Å²) in [5, 5.41) is 1.31. The summed E-state index contributed by atoms with van der Waals surface area (Å²) in [4.78, 5) is 17.3. The van der Waals surface area contributed by atoms with Gasteiger partial charge in [-0.1, -0.05) is 20.8 Å². The van der Waals surface area contributed by atoms with Crippen LogP contribution in [-0.2, 0) is 9.63 Å². The van der Waals surface area contributed by atoms with Gasteiger partial charge in [0.15, 0.2) is 0 Å². The highest BCUT2D eigenvalue weighted by Gasteiger charge is 2.22. The van der Waals surface area contributed by atoms with Crippen LogP contribution in [0.1, 0.15) is 27.2 Å². The van der Waals surface area contributed by atoms with Crippen molar-refractivity contribution in [3.8, 4) is 5.75 Å². The fourth-order valence-corrected chi connectivity index (χ4v) is 1.88. The number of hydrogen-bond donors (Lipinski definition) is 0. The molecule has 0 aliphatic carbocycles. The van der Waals surface area contributed by atoms with Gasteiger partial charge in [-0.3, -0.25) is 9.63 Å². The Labute approximate surface area is 122 Å². The highest BCUT2D eigenvalue weighted by Crippen LogP contribution is 2.24. The zero-order valence-corrected chi connectivity index (χ0v) is 13.4. The second kappa shape index (κ2) is 6.91. The number of amides is 1. The Morgan fingerprint density at radius 2 is 1.84 bits per heavy atom. The van der Waals surface area contributed by atoms with Crippen LogP contribution in [-0.4, -0.2) is 18.5 Å². The van der Waals surface area contributed by atoms with Crippen molar-refractivity contribution < 1.29 is 14.4 Å². The largest absolute Gasteiger partial charge is 0.482 e.